The second-order valence-electron chi connectivity index (χ2n) is 5.50. The Morgan fingerprint density at radius 3 is 2.68 bits per heavy atom. The summed E-state index contributed by atoms with van der Waals surface area (Å²) in [6.07, 6.45) is -1.41. The fourth-order valence-electron chi connectivity index (χ4n) is 2.18. The van der Waals surface area contributed by atoms with Crippen LogP contribution in [0.25, 0.3) is 10.8 Å². The van der Waals surface area contributed by atoms with Crippen molar-refractivity contribution in [2.24, 2.45) is 0 Å². The summed E-state index contributed by atoms with van der Waals surface area (Å²) in [7, 11) is 0. The van der Waals surface area contributed by atoms with E-state index in [4.69, 9.17) is 16.3 Å². The molecule has 0 aliphatic rings. The number of aryl methyl sites for hydroxylation is 1. The first-order valence-corrected chi connectivity index (χ1v) is 8.97. The Kier molecular flexibility index (Phi) is 5.80. The summed E-state index contributed by atoms with van der Waals surface area (Å²) in [5, 5.41) is 3.20. The van der Waals surface area contributed by atoms with Gasteiger partial charge in [-0.1, -0.05) is 11.6 Å². The molecule has 1 amide bonds. The zero-order valence-electron chi connectivity index (χ0n) is 14.2. The van der Waals surface area contributed by atoms with Crippen LogP contribution < -0.4 is 10.1 Å². The van der Waals surface area contributed by atoms with E-state index >= 15 is 0 Å². The van der Waals surface area contributed by atoms with Crippen molar-refractivity contribution >= 4 is 34.5 Å². The molecule has 2 heterocycles. The summed E-state index contributed by atoms with van der Waals surface area (Å²) in [5.41, 5.74) is 0.455. The molecule has 2 aromatic heterocycles. The van der Waals surface area contributed by atoms with Crippen molar-refractivity contribution in [1.29, 1.82) is 0 Å². The van der Waals surface area contributed by atoms with Crippen LogP contribution in [0.2, 0.25) is 5.02 Å². The molecule has 0 radical (unpaired) electrons. The van der Waals surface area contributed by atoms with Crippen LogP contribution in [0.5, 0.6) is 5.75 Å². The number of halogens is 4. The highest BCUT2D eigenvalue weighted by atomic mass is 35.5. The number of amides is 1. The quantitative estimate of drug-likeness (QED) is 0.634. The minimum Gasteiger partial charge on any atom is -0.482 e. The maximum absolute atomic E-state index is 12.6. The van der Waals surface area contributed by atoms with Crippen LogP contribution in [0.3, 0.4) is 0 Å². The lowest BCUT2D eigenvalue weighted by Gasteiger charge is -2.14. The molecule has 0 bridgehead atoms. The number of alkyl halides is 3. The van der Waals surface area contributed by atoms with Crippen LogP contribution in [-0.2, 0) is 0 Å². The number of hydrogen-bond acceptors (Lipinski definition) is 6. The van der Waals surface area contributed by atoms with Crippen LogP contribution in [0, 0.1) is 6.92 Å². The van der Waals surface area contributed by atoms with E-state index < -0.39 is 18.7 Å². The molecule has 3 aromatic rings. The fourth-order valence-corrected chi connectivity index (χ4v) is 3.26. The summed E-state index contributed by atoms with van der Waals surface area (Å²) >= 11 is 6.96. The maximum Gasteiger partial charge on any atom is 0.422 e. The molecule has 0 saturated heterocycles. The number of nitrogens with one attached hydrogen (secondary N) is 1. The van der Waals surface area contributed by atoms with Crippen molar-refractivity contribution in [3.63, 3.8) is 0 Å². The number of carbonyl (C=O) groups excluding carboxylic acids is 1. The molecule has 0 atom stereocenters. The number of nitrogens with zero attached hydrogens (tertiary/aromatic N) is 3. The van der Waals surface area contributed by atoms with Crippen LogP contribution in [-0.4, -0.2) is 33.6 Å². The Labute approximate surface area is 166 Å². The lowest BCUT2D eigenvalue weighted by atomic mass is 10.2. The van der Waals surface area contributed by atoms with Gasteiger partial charge in [-0.15, -0.1) is 11.3 Å². The van der Waals surface area contributed by atoms with Gasteiger partial charge in [0, 0.05) is 17.4 Å². The van der Waals surface area contributed by atoms with Crippen molar-refractivity contribution in [2.45, 2.75) is 13.1 Å². The molecule has 0 unspecified atom stereocenters. The average Bonchev–Trinajstić information content (AvgIpc) is 3.03. The normalized spacial score (nSPS) is 11.3. The predicted octanol–water partition coefficient (Wildman–Crippen LogP) is 4.76. The molecule has 0 spiro atoms. The lowest BCUT2D eigenvalue weighted by molar-refractivity contribution is -0.153. The summed E-state index contributed by atoms with van der Waals surface area (Å²) in [4.78, 5) is 25.4. The highest BCUT2D eigenvalue weighted by Gasteiger charge is 2.29. The number of thiazole rings is 1. The molecule has 6 nitrogen and oxygen atoms in total. The van der Waals surface area contributed by atoms with Gasteiger partial charge in [0.15, 0.2) is 17.4 Å². The van der Waals surface area contributed by atoms with Crippen molar-refractivity contribution in [1.82, 2.24) is 15.0 Å². The third kappa shape index (κ3) is 4.96. The highest BCUT2D eigenvalue weighted by Crippen LogP contribution is 2.32. The molecule has 11 heteroatoms. The first-order valence-electron chi connectivity index (χ1n) is 7.78. The van der Waals surface area contributed by atoms with Crippen LogP contribution in [0.1, 0.15) is 15.4 Å². The van der Waals surface area contributed by atoms with E-state index in [1.807, 2.05) is 0 Å². The van der Waals surface area contributed by atoms with Gasteiger partial charge in [-0.3, -0.25) is 4.79 Å². The van der Waals surface area contributed by atoms with E-state index in [0.29, 0.717) is 16.5 Å². The Morgan fingerprint density at radius 2 is 2.00 bits per heavy atom. The monoisotopic (exact) mass is 428 g/mol. The summed E-state index contributed by atoms with van der Waals surface area (Å²) in [5.74, 6) is -0.341. The smallest absolute Gasteiger partial charge is 0.422 e. The summed E-state index contributed by atoms with van der Waals surface area (Å²) < 4.78 is 42.1. The molecular weight excluding hydrogens is 417 g/mol. The number of anilines is 1. The molecule has 1 N–H and O–H groups in total. The van der Waals surface area contributed by atoms with E-state index in [-0.39, 0.29) is 21.3 Å². The van der Waals surface area contributed by atoms with Crippen LogP contribution in [0.4, 0.5) is 18.9 Å². The number of benzene rings is 1. The van der Waals surface area contributed by atoms with E-state index in [2.05, 4.69) is 20.3 Å². The van der Waals surface area contributed by atoms with Crippen molar-refractivity contribution in [3.8, 4) is 16.6 Å². The van der Waals surface area contributed by atoms with Crippen LogP contribution >= 0.6 is 22.9 Å². The zero-order valence-corrected chi connectivity index (χ0v) is 15.8. The molecule has 28 heavy (non-hydrogen) atoms. The van der Waals surface area contributed by atoms with Gasteiger partial charge in [0.1, 0.15) is 10.6 Å². The molecular formula is C17H12ClF3N4O2S. The summed E-state index contributed by atoms with van der Waals surface area (Å²) in [6.45, 7) is 0.142. The van der Waals surface area contributed by atoms with E-state index in [1.165, 1.54) is 18.2 Å². The molecule has 0 aliphatic heterocycles. The predicted molar refractivity (Wildman–Crippen MR) is 98.8 cm³/mol. The molecule has 0 fully saturated rings. The van der Waals surface area contributed by atoms with Gasteiger partial charge in [0.25, 0.3) is 5.91 Å². The second-order valence-corrected chi connectivity index (χ2v) is 6.94. The second kappa shape index (κ2) is 8.11. The molecule has 1 aromatic carbocycles. The first kappa shape index (κ1) is 20.0. The Balaban J connectivity index is 1.83. The van der Waals surface area contributed by atoms with Gasteiger partial charge < -0.3 is 10.1 Å². The molecule has 146 valence electrons. The van der Waals surface area contributed by atoms with E-state index in [1.54, 1.807) is 25.4 Å². The Hall–Kier alpha value is -2.72. The number of ether oxygens (including phenoxy) is 1. The number of hydrogen-bond donors (Lipinski definition) is 1. The minimum absolute atomic E-state index is 0.0204. The maximum atomic E-state index is 12.6. The van der Waals surface area contributed by atoms with Gasteiger partial charge in [-0.25, -0.2) is 15.0 Å². The van der Waals surface area contributed by atoms with Gasteiger partial charge in [-0.05, 0) is 31.2 Å². The zero-order chi connectivity index (χ0) is 20.3. The third-order valence-electron chi connectivity index (χ3n) is 3.34. The Bertz CT molecular complexity index is 996. The number of rotatable bonds is 5. The highest BCUT2D eigenvalue weighted by molar-refractivity contribution is 7.17. The van der Waals surface area contributed by atoms with Crippen molar-refractivity contribution in [2.75, 3.05) is 11.9 Å². The van der Waals surface area contributed by atoms with Crippen molar-refractivity contribution in [3.05, 3.63) is 52.3 Å². The largest absolute Gasteiger partial charge is 0.482 e. The van der Waals surface area contributed by atoms with Gasteiger partial charge in [0.05, 0.1) is 11.4 Å². The summed E-state index contributed by atoms with van der Waals surface area (Å²) in [6, 6.07) is 5.58. The molecule has 0 saturated carbocycles. The van der Waals surface area contributed by atoms with Crippen molar-refractivity contribution < 1.29 is 22.7 Å². The Morgan fingerprint density at radius 1 is 1.29 bits per heavy atom. The van der Waals surface area contributed by atoms with E-state index in [9.17, 15) is 18.0 Å². The SMILES string of the molecule is Cc1nc(-c2ncccn2)sc1C(=O)Nc1cc(Cl)ccc1OCC(F)(F)F. The fraction of sp³-hybridized carbons (Fsp3) is 0.176. The number of aromatic nitrogens is 3. The first-order chi connectivity index (χ1) is 13.2. The van der Waals surface area contributed by atoms with Gasteiger partial charge in [0.2, 0.25) is 0 Å². The van der Waals surface area contributed by atoms with Crippen LogP contribution in [0.15, 0.2) is 36.7 Å². The topological polar surface area (TPSA) is 77.0 Å². The van der Waals surface area contributed by atoms with Gasteiger partial charge in [-0.2, -0.15) is 13.2 Å². The third-order valence-corrected chi connectivity index (χ3v) is 4.73. The van der Waals surface area contributed by atoms with Gasteiger partial charge >= 0.3 is 6.18 Å². The van der Waals surface area contributed by atoms with E-state index in [0.717, 1.165) is 11.3 Å². The minimum atomic E-state index is -4.51. The average molecular weight is 429 g/mol. The number of carbonyl (C=O) groups is 1. The molecule has 0 aliphatic carbocycles. The molecule has 3 rings (SSSR count). The standard InChI is InChI=1S/C17H12ClF3N4O2S/c1-9-13(28-16(24-9)14-22-5-2-6-23-14)15(26)25-11-7-10(18)3-4-12(11)27-8-17(19,20)21/h2-7H,8H2,1H3,(H,25,26). The lowest BCUT2D eigenvalue weighted by Crippen LogP contribution is -2.20.